The summed E-state index contributed by atoms with van der Waals surface area (Å²) in [5.41, 5.74) is 1.37. The number of aryl methyl sites for hydroxylation is 1. The van der Waals surface area contributed by atoms with E-state index in [0.717, 1.165) is 12.2 Å². The van der Waals surface area contributed by atoms with E-state index in [1.807, 2.05) is 25.1 Å². The molecule has 1 atom stereocenters. The first-order valence-electron chi connectivity index (χ1n) is 7.10. The van der Waals surface area contributed by atoms with Gasteiger partial charge in [0.2, 0.25) is 5.91 Å². The van der Waals surface area contributed by atoms with Gasteiger partial charge in [-0.05, 0) is 32.3 Å². The van der Waals surface area contributed by atoms with E-state index in [1.165, 1.54) is 27.8 Å². The first-order valence-corrected chi connectivity index (χ1v) is 8.26. The van der Waals surface area contributed by atoms with Crippen LogP contribution in [0.5, 0.6) is 0 Å². The maximum Gasteiger partial charge on any atom is 0.329 e. The molecule has 5 heteroatoms. The van der Waals surface area contributed by atoms with Crippen LogP contribution in [0.2, 0.25) is 0 Å². The number of aliphatic carboxylic acids is 1. The minimum Gasteiger partial charge on any atom is -0.480 e. The molecule has 1 unspecified atom stereocenters. The number of hydrogen-bond donors (Lipinski definition) is 1. The maximum atomic E-state index is 12.3. The normalized spacial score (nSPS) is 21.5. The minimum absolute atomic E-state index is 0.0740. The number of thioether (sulfide) groups is 1. The molecule has 4 nitrogen and oxygen atoms in total. The Balaban J connectivity index is 1.89. The standard InChI is InChI=1S/C16H21NO3S/c1-12-5-3-6-13(9-12)10-21-11-14(18)17-8-4-7-16(17,2)15(19)20/h3,5-6,9H,4,7-8,10-11H2,1-2H3,(H,19,20). The Kier molecular flexibility index (Phi) is 4.93. The molecule has 0 spiro atoms. The van der Waals surface area contributed by atoms with Crippen LogP contribution >= 0.6 is 11.8 Å². The lowest BCUT2D eigenvalue weighted by molar-refractivity contribution is -0.154. The molecule has 0 aromatic heterocycles. The fourth-order valence-corrected chi connectivity index (χ4v) is 3.57. The smallest absolute Gasteiger partial charge is 0.329 e. The lowest BCUT2D eigenvalue weighted by Gasteiger charge is -2.31. The molecule has 1 fully saturated rings. The molecule has 1 amide bonds. The summed E-state index contributed by atoms with van der Waals surface area (Å²) in [6.07, 6.45) is 1.30. The molecule has 1 aliphatic rings. The zero-order valence-electron chi connectivity index (χ0n) is 12.5. The van der Waals surface area contributed by atoms with Gasteiger partial charge in [0.15, 0.2) is 0 Å². The fraction of sp³-hybridized carbons (Fsp3) is 0.500. The molecule has 114 valence electrons. The fourth-order valence-electron chi connectivity index (χ4n) is 2.72. The van der Waals surface area contributed by atoms with Crippen molar-refractivity contribution in [2.45, 2.75) is 38.0 Å². The molecule has 0 bridgehead atoms. The quantitative estimate of drug-likeness (QED) is 0.908. The zero-order chi connectivity index (χ0) is 15.5. The van der Waals surface area contributed by atoms with Gasteiger partial charge >= 0.3 is 5.97 Å². The third-order valence-electron chi connectivity index (χ3n) is 3.98. The summed E-state index contributed by atoms with van der Waals surface area (Å²) in [5.74, 6) is 0.120. The number of carbonyl (C=O) groups is 2. The summed E-state index contributed by atoms with van der Waals surface area (Å²) in [6, 6.07) is 8.20. The van der Waals surface area contributed by atoms with E-state index >= 15 is 0 Å². The molecule has 1 heterocycles. The number of carbonyl (C=O) groups excluding carboxylic acids is 1. The van der Waals surface area contributed by atoms with Crippen molar-refractivity contribution in [1.82, 2.24) is 4.90 Å². The van der Waals surface area contributed by atoms with Crippen molar-refractivity contribution in [2.75, 3.05) is 12.3 Å². The lowest BCUT2D eigenvalue weighted by atomic mass is 9.99. The lowest BCUT2D eigenvalue weighted by Crippen LogP contribution is -2.51. The Hall–Kier alpha value is -1.49. The number of benzene rings is 1. The van der Waals surface area contributed by atoms with Crippen molar-refractivity contribution in [3.63, 3.8) is 0 Å². The predicted molar refractivity (Wildman–Crippen MR) is 84.3 cm³/mol. The average molecular weight is 307 g/mol. The molecule has 1 saturated heterocycles. The second kappa shape index (κ2) is 6.52. The Morgan fingerprint density at radius 3 is 2.86 bits per heavy atom. The van der Waals surface area contributed by atoms with Crippen LogP contribution in [0.1, 0.15) is 30.9 Å². The van der Waals surface area contributed by atoms with E-state index in [1.54, 1.807) is 6.92 Å². The van der Waals surface area contributed by atoms with E-state index < -0.39 is 11.5 Å². The van der Waals surface area contributed by atoms with Gasteiger partial charge in [0.1, 0.15) is 5.54 Å². The molecule has 1 aromatic rings. The summed E-state index contributed by atoms with van der Waals surface area (Å²) < 4.78 is 0. The SMILES string of the molecule is Cc1cccc(CSCC(=O)N2CCCC2(C)C(=O)O)c1. The summed E-state index contributed by atoms with van der Waals surface area (Å²) in [7, 11) is 0. The molecule has 1 N–H and O–H groups in total. The number of hydrogen-bond acceptors (Lipinski definition) is 3. The van der Waals surface area contributed by atoms with Crippen LogP contribution in [-0.4, -0.2) is 39.7 Å². The van der Waals surface area contributed by atoms with Crippen LogP contribution in [0.15, 0.2) is 24.3 Å². The van der Waals surface area contributed by atoms with Crippen LogP contribution in [0.25, 0.3) is 0 Å². The highest BCUT2D eigenvalue weighted by molar-refractivity contribution is 7.99. The second-order valence-corrected chi connectivity index (χ2v) is 6.70. The Morgan fingerprint density at radius 2 is 2.19 bits per heavy atom. The van der Waals surface area contributed by atoms with Crippen LogP contribution in [-0.2, 0) is 15.3 Å². The van der Waals surface area contributed by atoms with Gasteiger partial charge in [-0.3, -0.25) is 4.79 Å². The minimum atomic E-state index is -1.03. The van der Waals surface area contributed by atoms with Crippen molar-refractivity contribution in [3.05, 3.63) is 35.4 Å². The first-order chi connectivity index (χ1) is 9.93. The summed E-state index contributed by atoms with van der Waals surface area (Å²) in [6.45, 7) is 4.24. The zero-order valence-corrected chi connectivity index (χ0v) is 13.3. The van der Waals surface area contributed by atoms with E-state index in [-0.39, 0.29) is 5.91 Å². The van der Waals surface area contributed by atoms with E-state index in [0.29, 0.717) is 18.7 Å². The van der Waals surface area contributed by atoms with Crippen molar-refractivity contribution >= 4 is 23.6 Å². The van der Waals surface area contributed by atoms with Gasteiger partial charge in [0, 0.05) is 12.3 Å². The van der Waals surface area contributed by atoms with Crippen molar-refractivity contribution in [1.29, 1.82) is 0 Å². The molecule has 2 rings (SSSR count). The van der Waals surface area contributed by atoms with Gasteiger partial charge in [-0.15, -0.1) is 11.8 Å². The predicted octanol–water partition coefficient (Wildman–Crippen LogP) is 2.69. The highest BCUT2D eigenvalue weighted by atomic mass is 32.2. The summed E-state index contributed by atoms with van der Waals surface area (Å²) in [4.78, 5) is 25.2. The Labute approximate surface area is 129 Å². The molecule has 1 aromatic carbocycles. The Bertz CT molecular complexity index is 546. The molecule has 0 aliphatic carbocycles. The van der Waals surface area contributed by atoms with Gasteiger partial charge in [0.25, 0.3) is 0 Å². The van der Waals surface area contributed by atoms with Gasteiger partial charge in [-0.2, -0.15) is 0 Å². The largest absolute Gasteiger partial charge is 0.480 e. The van der Waals surface area contributed by atoms with E-state index in [4.69, 9.17) is 0 Å². The van der Waals surface area contributed by atoms with Crippen molar-refractivity contribution < 1.29 is 14.7 Å². The number of likely N-dealkylation sites (tertiary alicyclic amines) is 1. The average Bonchev–Trinajstić information content (AvgIpc) is 2.82. The van der Waals surface area contributed by atoms with Crippen LogP contribution in [0, 0.1) is 6.92 Å². The number of carboxylic acid groups (broad SMARTS) is 1. The van der Waals surface area contributed by atoms with Crippen molar-refractivity contribution in [3.8, 4) is 0 Å². The molecule has 21 heavy (non-hydrogen) atoms. The monoisotopic (exact) mass is 307 g/mol. The molecular formula is C16H21NO3S. The third kappa shape index (κ3) is 3.59. The van der Waals surface area contributed by atoms with E-state index in [2.05, 4.69) is 6.07 Å². The van der Waals surface area contributed by atoms with Crippen LogP contribution in [0.4, 0.5) is 0 Å². The van der Waals surface area contributed by atoms with Gasteiger partial charge in [-0.25, -0.2) is 4.79 Å². The van der Waals surface area contributed by atoms with Crippen LogP contribution < -0.4 is 0 Å². The number of carboxylic acids is 1. The molecule has 0 radical (unpaired) electrons. The summed E-state index contributed by atoms with van der Waals surface area (Å²) >= 11 is 1.54. The molecule has 1 aliphatic heterocycles. The summed E-state index contributed by atoms with van der Waals surface area (Å²) in [5, 5.41) is 9.33. The second-order valence-electron chi connectivity index (χ2n) is 5.71. The Morgan fingerprint density at radius 1 is 1.43 bits per heavy atom. The van der Waals surface area contributed by atoms with Gasteiger partial charge in [-0.1, -0.05) is 29.8 Å². The highest BCUT2D eigenvalue weighted by Gasteiger charge is 2.45. The molecule has 0 saturated carbocycles. The van der Waals surface area contributed by atoms with Crippen LogP contribution in [0.3, 0.4) is 0 Å². The maximum absolute atomic E-state index is 12.3. The van der Waals surface area contributed by atoms with Gasteiger partial charge in [0.05, 0.1) is 5.75 Å². The van der Waals surface area contributed by atoms with Gasteiger partial charge < -0.3 is 10.0 Å². The van der Waals surface area contributed by atoms with E-state index in [9.17, 15) is 14.7 Å². The van der Waals surface area contributed by atoms with Crippen molar-refractivity contribution in [2.24, 2.45) is 0 Å². The third-order valence-corrected chi connectivity index (χ3v) is 4.97. The highest BCUT2D eigenvalue weighted by Crippen LogP contribution is 2.30. The number of nitrogens with zero attached hydrogens (tertiary/aromatic N) is 1. The molecular weight excluding hydrogens is 286 g/mol. The first kappa shape index (κ1) is 15.9. The topological polar surface area (TPSA) is 57.6 Å². The number of rotatable bonds is 5. The number of amides is 1.